The molecule has 0 radical (unpaired) electrons. The molecule has 7 nitrogen and oxygen atoms in total. The average Bonchev–Trinajstić information content (AvgIpc) is 3.26. The van der Waals surface area contributed by atoms with Crippen molar-refractivity contribution >= 4 is 11.9 Å². The van der Waals surface area contributed by atoms with Gasteiger partial charge in [0, 0.05) is 32.0 Å². The SMILES string of the molecule is COC(=O)[C@H]1C[C@H]2CN(Cc3nccn3C)CC(=O)N2[C@H]1c1ccccc1. The molecule has 2 aliphatic heterocycles. The topological polar surface area (TPSA) is 67.7 Å². The third kappa shape index (κ3) is 3.23. The van der Waals surface area contributed by atoms with Crippen molar-refractivity contribution in [2.24, 2.45) is 13.0 Å². The standard InChI is InChI=1S/C20H24N4O3/c1-22-9-8-21-17(22)12-23-11-15-10-16(20(26)27-2)19(24(15)18(25)13-23)14-6-4-3-5-7-14/h3-9,15-16,19H,10-13H2,1-2H3/t15-,16-,19-/m0/s1. The number of ether oxygens (including phenoxy) is 1. The average molecular weight is 368 g/mol. The number of hydrogen-bond donors (Lipinski definition) is 0. The number of piperazine rings is 1. The second kappa shape index (κ2) is 7.15. The van der Waals surface area contributed by atoms with Gasteiger partial charge in [-0.2, -0.15) is 0 Å². The van der Waals surface area contributed by atoms with E-state index < -0.39 is 0 Å². The number of imidazole rings is 1. The van der Waals surface area contributed by atoms with E-state index in [1.807, 2.05) is 53.0 Å². The van der Waals surface area contributed by atoms with Crippen LogP contribution < -0.4 is 0 Å². The Morgan fingerprint density at radius 1 is 1.30 bits per heavy atom. The van der Waals surface area contributed by atoms with E-state index in [-0.39, 0.29) is 29.9 Å². The van der Waals surface area contributed by atoms with Gasteiger partial charge in [-0.05, 0) is 12.0 Å². The molecule has 1 aromatic heterocycles. The molecule has 3 heterocycles. The van der Waals surface area contributed by atoms with E-state index in [9.17, 15) is 9.59 Å². The number of esters is 1. The summed E-state index contributed by atoms with van der Waals surface area (Å²) in [7, 11) is 3.37. The van der Waals surface area contributed by atoms with Crippen LogP contribution in [0.2, 0.25) is 0 Å². The van der Waals surface area contributed by atoms with Crippen molar-refractivity contribution in [3.63, 3.8) is 0 Å². The number of benzene rings is 1. The van der Waals surface area contributed by atoms with Crippen molar-refractivity contribution in [3.05, 3.63) is 54.1 Å². The van der Waals surface area contributed by atoms with E-state index in [2.05, 4.69) is 9.88 Å². The van der Waals surface area contributed by atoms with Gasteiger partial charge in [0.05, 0.1) is 32.2 Å². The first-order valence-corrected chi connectivity index (χ1v) is 9.21. The van der Waals surface area contributed by atoms with Crippen LogP contribution in [-0.4, -0.2) is 57.5 Å². The second-order valence-electron chi connectivity index (χ2n) is 7.30. The van der Waals surface area contributed by atoms with Gasteiger partial charge in [0.15, 0.2) is 0 Å². The fourth-order valence-electron chi connectivity index (χ4n) is 4.40. The van der Waals surface area contributed by atoms with Crippen LogP contribution in [0.4, 0.5) is 0 Å². The lowest BCUT2D eigenvalue weighted by Crippen LogP contribution is -2.54. The molecule has 3 atom stereocenters. The van der Waals surface area contributed by atoms with Crippen LogP contribution in [0.3, 0.4) is 0 Å². The quantitative estimate of drug-likeness (QED) is 0.763. The molecule has 2 fully saturated rings. The Balaban J connectivity index is 1.59. The zero-order chi connectivity index (χ0) is 19.0. The number of carbonyl (C=O) groups is 2. The van der Waals surface area contributed by atoms with E-state index in [1.54, 1.807) is 6.20 Å². The Labute approximate surface area is 158 Å². The lowest BCUT2D eigenvalue weighted by atomic mass is 9.93. The number of fused-ring (bicyclic) bond motifs is 1. The van der Waals surface area contributed by atoms with Gasteiger partial charge in [-0.3, -0.25) is 14.5 Å². The molecule has 0 unspecified atom stereocenters. The molecule has 0 N–H and O–H groups in total. The van der Waals surface area contributed by atoms with E-state index in [1.165, 1.54) is 7.11 Å². The van der Waals surface area contributed by atoms with Crippen LogP contribution in [0.25, 0.3) is 0 Å². The largest absolute Gasteiger partial charge is 0.469 e. The molecule has 0 bridgehead atoms. The number of amides is 1. The molecular weight excluding hydrogens is 344 g/mol. The van der Waals surface area contributed by atoms with E-state index >= 15 is 0 Å². The summed E-state index contributed by atoms with van der Waals surface area (Å²) in [6.07, 6.45) is 4.29. The summed E-state index contributed by atoms with van der Waals surface area (Å²) in [5.41, 5.74) is 0.987. The fraction of sp³-hybridized carbons (Fsp3) is 0.450. The van der Waals surface area contributed by atoms with Gasteiger partial charge in [-0.15, -0.1) is 0 Å². The van der Waals surface area contributed by atoms with Crippen molar-refractivity contribution in [2.75, 3.05) is 20.2 Å². The fourth-order valence-corrected chi connectivity index (χ4v) is 4.40. The van der Waals surface area contributed by atoms with Crippen molar-refractivity contribution in [2.45, 2.75) is 25.0 Å². The molecule has 1 amide bonds. The molecule has 2 saturated heterocycles. The van der Waals surface area contributed by atoms with Gasteiger partial charge >= 0.3 is 5.97 Å². The minimum absolute atomic E-state index is 0.000763. The number of aryl methyl sites for hydroxylation is 1. The molecule has 0 spiro atoms. The first-order valence-electron chi connectivity index (χ1n) is 9.21. The van der Waals surface area contributed by atoms with Crippen LogP contribution in [0.1, 0.15) is 23.9 Å². The summed E-state index contributed by atoms with van der Waals surface area (Å²) < 4.78 is 7.02. The predicted octanol–water partition coefficient (Wildman–Crippen LogP) is 1.37. The number of hydrogen-bond acceptors (Lipinski definition) is 5. The Morgan fingerprint density at radius 2 is 2.07 bits per heavy atom. The first-order chi connectivity index (χ1) is 13.1. The highest BCUT2D eigenvalue weighted by Gasteiger charge is 2.50. The van der Waals surface area contributed by atoms with Gasteiger partial charge in [-0.1, -0.05) is 30.3 Å². The zero-order valence-corrected chi connectivity index (χ0v) is 15.6. The zero-order valence-electron chi connectivity index (χ0n) is 15.6. The predicted molar refractivity (Wildman–Crippen MR) is 98.4 cm³/mol. The Bertz CT molecular complexity index is 835. The normalized spacial score (nSPS) is 25.5. The molecule has 27 heavy (non-hydrogen) atoms. The summed E-state index contributed by atoms with van der Waals surface area (Å²) in [4.78, 5) is 33.9. The van der Waals surface area contributed by atoms with Crippen LogP contribution in [0.15, 0.2) is 42.7 Å². The van der Waals surface area contributed by atoms with Crippen LogP contribution in [-0.2, 0) is 27.9 Å². The lowest BCUT2D eigenvalue weighted by Gasteiger charge is -2.40. The van der Waals surface area contributed by atoms with Crippen LogP contribution >= 0.6 is 0 Å². The van der Waals surface area contributed by atoms with Crippen molar-refractivity contribution in [1.29, 1.82) is 0 Å². The number of aromatic nitrogens is 2. The molecule has 142 valence electrons. The van der Waals surface area contributed by atoms with E-state index in [0.29, 0.717) is 19.5 Å². The van der Waals surface area contributed by atoms with Crippen LogP contribution in [0, 0.1) is 5.92 Å². The second-order valence-corrected chi connectivity index (χ2v) is 7.30. The van der Waals surface area contributed by atoms with Gasteiger partial charge in [0.1, 0.15) is 5.82 Å². The summed E-state index contributed by atoms with van der Waals surface area (Å²) >= 11 is 0. The molecule has 0 aliphatic carbocycles. The highest BCUT2D eigenvalue weighted by atomic mass is 16.5. The van der Waals surface area contributed by atoms with Gasteiger partial charge in [0.2, 0.25) is 5.91 Å². The Kier molecular flexibility index (Phi) is 4.70. The van der Waals surface area contributed by atoms with Crippen molar-refractivity contribution in [3.8, 4) is 0 Å². The van der Waals surface area contributed by atoms with Gasteiger partial charge in [-0.25, -0.2) is 4.98 Å². The maximum atomic E-state index is 13.0. The van der Waals surface area contributed by atoms with Gasteiger partial charge < -0.3 is 14.2 Å². The number of rotatable bonds is 4. The smallest absolute Gasteiger partial charge is 0.311 e. The highest BCUT2D eigenvalue weighted by Crippen LogP contribution is 2.43. The molecule has 2 aromatic rings. The third-order valence-electron chi connectivity index (χ3n) is 5.65. The molecule has 7 heteroatoms. The molecular formula is C20H24N4O3. The van der Waals surface area contributed by atoms with Crippen molar-refractivity contribution < 1.29 is 14.3 Å². The number of methoxy groups -OCH3 is 1. The maximum absolute atomic E-state index is 13.0. The third-order valence-corrected chi connectivity index (χ3v) is 5.65. The van der Waals surface area contributed by atoms with Crippen LogP contribution in [0.5, 0.6) is 0 Å². The summed E-state index contributed by atoms with van der Waals surface area (Å²) in [5, 5.41) is 0. The maximum Gasteiger partial charge on any atom is 0.311 e. The summed E-state index contributed by atoms with van der Waals surface area (Å²) in [6.45, 7) is 1.69. The summed E-state index contributed by atoms with van der Waals surface area (Å²) in [5.74, 6) is 0.403. The Morgan fingerprint density at radius 3 is 2.74 bits per heavy atom. The van der Waals surface area contributed by atoms with E-state index in [0.717, 1.165) is 17.9 Å². The van der Waals surface area contributed by atoms with E-state index in [4.69, 9.17) is 4.74 Å². The minimum Gasteiger partial charge on any atom is -0.469 e. The number of nitrogens with zero attached hydrogens (tertiary/aromatic N) is 4. The first kappa shape index (κ1) is 17.7. The van der Waals surface area contributed by atoms with Crippen molar-refractivity contribution in [1.82, 2.24) is 19.4 Å². The molecule has 2 aliphatic rings. The highest BCUT2D eigenvalue weighted by molar-refractivity contribution is 5.83. The van der Waals surface area contributed by atoms with Gasteiger partial charge in [0.25, 0.3) is 0 Å². The molecule has 0 saturated carbocycles. The number of carbonyl (C=O) groups excluding carboxylic acids is 2. The lowest BCUT2D eigenvalue weighted by molar-refractivity contribution is -0.147. The molecule has 1 aromatic carbocycles. The minimum atomic E-state index is -0.334. The Hall–Kier alpha value is -2.67. The monoisotopic (exact) mass is 368 g/mol. The molecule has 4 rings (SSSR count). The summed E-state index contributed by atoms with van der Waals surface area (Å²) in [6, 6.07) is 9.53.